The number of hydrogen-bond donors (Lipinski definition) is 0. The summed E-state index contributed by atoms with van der Waals surface area (Å²) < 4.78 is 11.6. The van der Waals surface area contributed by atoms with E-state index in [1.54, 1.807) is 0 Å². The lowest BCUT2D eigenvalue weighted by atomic mass is 10.0. The van der Waals surface area contributed by atoms with Gasteiger partial charge in [-0.05, 0) is 71.8 Å². The van der Waals surface area contributed by atoms with E-state index in [9.17, 15) is 0 Å². The zero-order valence-electron chi connectivity index (χ0n) is 28.0. The second-order valence-electron chi connectivity index (χ2n) is 13.3. The molecule has 0 spiro atoms. The predicted molar refractivity (Wildman–Crippen MR) is 221 cm³/mol. The smallest absolute Gasteiger partial charge is 0.159 e. The number of nitrogens with zero attached hydrogens (tertiary/aromatic N) is 2. The van der Waals surface area contributed by atoms with E-state index in [2.05, 4.69) is 185 Å². The van der Waals surface area contributed by atoms with Crippen LogP contribution in [0.4, 0.5) is 17.1 Å². The summed E-state index contributed by atoms with van der Waals surface area (Å²) in [4.78, 5) is 2.39. The summed E-state index contributed by atoms with van der Waals surface area (Å²) in [5.74, 6) is 0. The van der Waals surface area contributed by atoms with Gasteiger partial charge in [-0.1, -0.05) is 121 Å². The second-order valence-corrected chi connectivity index (χ2v) is 14.4. The van der Waals surface area contributed by atoms with Crippen LogP contribution in [0.25, 0.3) is 80.7 Å². The number of rotatable bonds is 5. The average molecular weight is 683 g/mol. The van der Waals surface area contributed by atoms with Crippen molar-refractivity contribution in [1.29, 1.82) is 0 Å². The lowest BCUT2D eigenvalue weighted by Crippen LogP contribution is -2.10. The topological polar surface area (TPSA) is 21.3 Å². The first-order chi connectivity index (χ1) is 25.8. The first-order valence-electron chi connectivity index (χ1n) is 17.6. The molecule has 4 heteroatoms. The van der Waals surface area contributed by atoms with Crippen molar-refractivity contribution in [3.05, 3.63) is 182 Å². The number of benzene rings is 8. The lowest BCUT2D eigenvalue weighted by Gasteiger charge is -2.26. The average Bonchev–Trinajstić information content (AvgIpc) is 3.89. The summed E-state index contributed by atoms with van der Waals surface area (Å²) in [5, 5.41) is 7.29. The molecule has 3 nitrogen and oxygen atoms in total. The van der Waals surface area contributed by atoms with Gasteiger partial charge < -0.3 is 13.9 Å². The minimum atomic E-state index is 0.876. The number of thiophene rings is 1. The van der Waals surface area contributed by atoms with Crippen molar-refractivity contribution in [3.8, 4) is 16.8 Å². The van der Waals surface area contributed by atoms with Gasteiger partial charge in [0, 0.05) is 48.4 Å². The Morgan fingerprint density at radius 3 is 1.85 bits per heavy atom. The Bertz CT molecular complexity index is 3000. The molecule has 0 unspecified atom stereocenters. The molecular formula is C48H30N2OS. The molecule has 11 aromatic rings. The van der Waals surface area contributed by atoms with Crippen molar-refractivity contribution in [2.45, 2.75) is 0 Å². The van der Waals surface area contributed by atoms with Crippen LogP contribution in [0.2, 0.25) is 0 Å². The van der Waals surface area contributed by atoms with Crippen molar-refractivity contribution >= 4 is 92.3 Å². The maximum absolute atomic E-state index is 6.68. The van der Waals surface area contributed by atoms with Crippen molar-refractivity contribution in [3.63, 3.8) is 0 Å². The summed E-state index contributed by atoms with van der Waals surface area (Å²) in [5.41, 5.74) is 10.8. The molecule has 244 valence electrons. The van der Waals surface area contributed by atoms with Gasteiger partial charge in [0.15, 0.2) is 5.58 Å². The fourth-order valence-corrected chi connectivity index (χ4v) is 9.28. The molecule has 0 aliphatic rings. The number of furan rings is 1. The third-order valence-electron chi connectivity index (χ3n) is 10.4. The Hall–Kier alpha value is -6.62. The highest BCUT2D eigenvalue weighted by atomic mass is 32.1. The van der Waals surface area contributed by atoms with Gasteiger partial charge in [-0.15, -0.1) is 11.3 Å². The van der Waals surface area contributed by atoms with E-state index >= 15 is 0 Å². The molecule has 0 atom stereocenters. The van der Waals surface area contributed by atoms with E-state index < -0.39 is 0 Å². The van der Waals surface area contributed by atoms with E-state index in [-0.39, 0.29) is 0 Å². The number of anilines is 3. The number of para-hydroxylation sites is 4. The Balaban J connectivity index is 1.13. The number of fused-ring (bicyclic) bond motifs is 9. The van der Waals surface area contributed by atoms with Crippen LogP contribution in [-0.4, -0.2) is 4.57 Å². The molecule has 0 N–H and O–H groups in total. The normalized spacial score (nSPS) is 11.8. The third kappa shape index (κ3) is 4.38. The second kappa shape index (κ2) is 11.5. The molecule has 0 aliphatic heterocycles. The molecule has 0 amide bonds. The Kier molecular flexibility index (Phi) is 6.42. The highest BCUT2D eigenvalue weighted by molar-refractivity contribution is 7.26. The van der Waals surface area contributed by atoms with Gasteiger partial charge in [-0.2, -0.15) is 0 Å². The SMILES string of the molecule is c1cc(-c2cccc(-n3c4ccccc4c4ccccc43)c2)cc(N(c2cccc3c2oc2ccccc23)c2cccc3c2sc2ccccc23)c1. The van der Waals surface area contributed by atoms with Gasteiger partial charge in [0.2, 0.25) is 0 Å². The highest BCUT2D eigenvalue weighted by Gasteiger charge is 2.23. The number of aromatic nitrogens is 1. The van der Waals surface area contributed by atoms with Crippen LogP contribution in [-0.2, 0) is 0 Å². The molecule has 8 aromatic carbocycles. The standard InChI is InChI=1S/C48H30N2OS/c1-5-23-41-35(17-1)36-18-2-6-24-42(36)49(41)33-15-9-13-31(29-33)32-14-10-16-34(30-32)50(43-25-11-21-39-37-19-3-7-27-45(37)51-47(39)43)44-26-12-22-40-38-20-4-8-28-46(38)52-48(40)44/h1-30H. The Morgan fingerprint density at radius 2 is 1.04 bits per heavy atom. The number of hydrogen-bond acceptors (Lipinski definition) is 3. The lowest BCUT2D eigenvalue weighted by molar-refractivity contribution is 0.669. The van der Waals surface area contributed by atoms with Crippen molar-refractivity contribution in [1.82, 2.24) is 4.57 Å². The van der Waals surface area contributed by atoms with Crippen LogP contribution >= 0.6 is 11.3 Å². The third-order valence-corrected chi connectivity index (χ3v) is 11.6. The van der Waals surface area contributed by atoms with E-state index in [1.165, 1.54) is 42.0 Å². The maximum atomic E-state index is 6.68. The minimum absolute atomic E-state index is 0.876. The summed E-state index contributed by atoms with van der Waals surface area (Å²) in [6.07, 6.45) is 0. The minimum Gasteiger partial charge on any atom is -0.454 e. The summed E-state index contributed by atoms with van der Waals surface area (Å²) in [6.45, 7) is 0. The van der Waals surface area contributed by atoms with Crippen molar-refractivity contribution in [2.75, 3.05) is 4.90 Å². The maximum Gasteiger partial charge on any atom is 0.159 e. The molecule has 3 heterocycles. The molecule has 0 radical (unpaired) electrons. The fraction of sp³-hybridized carbons (Fsp3) is 0. The van der Waals surface area contributed by atoms with Crippen LogP contribution in [0.3, 0.4) is 0 Å². The van der Waals surface area contributed by atoms with Crippen LogP contribution in [0.15, 0.2) is 186 Å². The molecule has 0 bridgehead atoms. The molecular weight excluding hydrogens is 653 g/mol. The highest BCUT2D eigenvalue weighted by Crippen LogP contribution is 2.48. The van der Waals surface area contributed by atoms with Gasteiger partial charge in [0.05, 0.1) is 27.1 Å². The van der Waals surface area contributed by atoms with Gasteiger partial charge in [-0.3, -0.25) is 0 Å². The van der Waals surface area contributed by atoms with Crippen LogP contribution < -0.4 is 4.90 Å². The van der Waals surface area contributed by atoms with Gasteiger partial charge in [0.25, 0.3) is 0 Å². The van der Waals surface area contributed by atoms with Crippen molar-refractivity contribution < 1.29 is 4.42 Å². The Morgan fingerprint density at radius 1 is 0.442 bits per heavy atom. The van der Waals surface area contributed by atoms with E-state index in [0.29, 0.717) is 0 Å². The van der Waals surface area contributed by atoms with Gasteiger partial charge in [0.1, 0.15) is 5.58 Å². The largest absolute Gasteiger partial charge is 0.454 e. The van der Waals surface area contributed by atoms with E-state index in [0.717, 1.165) is 55.8 Å². The zero-order chi connectivity index (χ0) is 34.2. The Labute approximate surface area is 303 Å². The summed E-state index contributed by atoms with van der Waals surface area (Å²) >= 11 is 1.84. The van der Waals surface area contributed by atoms with Gasteiger partial charge >= 0.3 is 0 Å². The first-order valence-corrected chi connectivity index (χ1v) is 18.4. The van der Waals surface area contributed by atoms with Gasteiger partial charge in [-0.25, -0.2) is 0 Å². The molecule has 0 aliphatic carbocycles. The zero-order valence-corrected chi connectivity index (χ0v) is 28.8. The van der Waals surface area contributed by atoms with Crippen molar-refractivity contribution in [2.24, 2.45) is 0 Å². The molecule has 0 saturated carbocycles. The fourth-order valence-electron chi connectivity index (χ4n) is 8.07. The molecule has 3 aromatic heterocycles. The molecule has 52 heavy (non-hydrogen) atoms. The quantitative estimate of drug-likeness (QED) is 0.180. The summed E-state index contributed by atoms with van der Waals surface area (Å²) in [6, 6.07) is 65.4. The van der Waals surface area contributed by atoms with Crippen LogP contribution in [0, 0.1) is 0 Å². The van der Waals surface area contributed by atoms with Crippen LogP contribution in [0.5, 0.6) is 0 Å². The predicted octanol–water partition coefficient (Wildman–Crippen LogP) is 14.2. The van der Waals surface area contributed by atoms with Crippen LogP contribution in [0.1, 0.15) is 0 Å². The molecule has 0 saturated heterocycles. The molecule has 11 rings (SSSR count). The molecule has 0 fully saturated rings. The van der Waals surface area contributed by atoms with E-state index in [1.807, 2.05) is 17.4 Å². The monoisotopic (exact) mass is 682 g/mol. The summed E-state index contributed by atoms with van der Waals surface area (Å²) in [7, 11) is 0. The first kappa shape index (κ1) is 29.1. The van der Waals surface area contributed by atoms with E-state index in [4.69, 9.17) is 4.42 Å².